The number of amides is 1. The van der Waals surface area contributed by atoms with Gasteiger partial charge in [-0.05, 0) is 52.7 Å². The second-order valence-corrected chi connectivity index (χ2v) is 5.95. The van der Waals surface area contributed by atoms with E-state index in [1.54, 1.807) is 25.3 Å². The normalized spacial score (nSPS) is 11.8. The van der Waals surface area contributed by atoms with Crippen LogP contribution in [0.15, 0.2) is 70.8 Å². The molecule has 0 heterocycles. The number of para-hydroxylation sites is 1. The minimum atomic E-state index is -0.682. The van der Waals surface area contributed by atoms with Gasteiger partial charge in [0.2, 0.25) is 0 Å². The van der Waals surface area contributed by atoms with Crippen molar-refractivity contribution in [3.8, 4) is 11.5 Å². The lowest BCUT2D eigenvalue weighted by atomic mass is 10.2. The lowest BCUT2D eigenvalue weighted by Crippen LogP contribution is -2.33. The van der Waals surface area contributed by atoms with Crippen LogP contribution in [-0.2, 0) is 4.79 Å². The van der Waals surface area contributed by atoms with E-state index in [-0.39, 0.29) is 5.91 Å². The second kappa shape index (κ2) is 9.64. The Bertz CT molecular complexity index is 762. The van der Waals surface area contributed by atoms with Crippen LogP contribution >= 0.6 is 15.9 Å². The molecule has 1 N–H and O–H groups in total. The largest absolute Gasteiger partial charge is 0.490 e. The molecule has 0 radical (unpaired) electrons. The zero-order valence-electron chi connectivity index (χ0n) is 13.8. The van der Waals surface area contributed by atoms with Gasteiger partial charge >= 0.3 is 0 Å². The Hall–Kier alpha value is -2.60. The van der Waals surface area contributed by atoms with Crippen LogP contribution in [-0.4, -0.2) is 24.8 Å². The zero-order chi connectivity index (χ0) is 18.1. The van der Waals surface area contributed by atoms with Crippen molar-refractivity contribution in [1.29, 1.82) is 0 Å². The van der Waals surface area contributed by atoms with Crippen LogP contribution in [0.25, 0.3) is 0 Å². The van der Waals surface area contributed by atoms with Crippen molar-refractivity contribution in [2.45, 2.75) is 13.0 Å². The molecular formula is C19H19BrN2O3. The third-order valence-electron chi connectivity index (χ3n) is 3.12. The van der Waals surface area contributed by atoms with Crippen LogP contribution in [0, 0.1) is 0 Å². The molecular weight excluding hydrogens is 384 g/mol. The van der Waals surface area contributed by atoms with Gasteiger partial charge in [0.25, 0.3) is 5.91 Å². The molecule has 0 aliphatic heterocycles. The summed E-state index contributed by atoms with van der Waals surface area (Å²) in [6.45, 7) is 5.70. The Morgan fingerprint density at radius 3 is 2.88 bits per heavy atom. The number of rotatable bonds is 8. The molecule has 5 nitrogen and oxygen atoms in total. The number of ether oxygens (including phenoxy) is 2. The van der Waals surface area contributed by atoms with E-state index in [2.05, 4.69) is 33.0 Å². The number of nitrogens with zero attached hydrogens (tertiary/aromatic N) is 1. The third-order valence-corrected chi connectivity index (χ3v) is 3.78. The smallest absolute Gasteiger partial charge is 0.280 e. The van der Waals surface area contributed by atoms with Crippen molar-refractivity contribution < 1.29 is 14.3 Å². The zero-order valence-corrected chi connectivity index (χ0v) is 15.4. The second-order valence-electron chi connectivity index (χ2n) is 5.10. The molecule has 6 heteroatoms. The van der Waals surface area contributed by atoms with Gasteiger partial charge in [-0.2, -0.15) is 5.10 Å². The summed E-state index contributed by atoms with van der Waals surface area (Å²) in [5, 5.41) is 3.96. The van der Waals surface area contributed by atoms with Crippen molar-refractivity contribution in [1.82, 2.24) is 5.43 Å². The fourth-order valence-corrected chi connectivity index (χ4v) is 2.26. The molecule has 0 unspecified atom stereocenters. The highest BCUT2D eigenvalue weighted by atomic mass is 79.9. The van der Waals surface area contributed by atoms with Crippen molar-refractivity contribution in [2.75, 3.05) is 6.61 Å². The fraction of sp³-hybridized carbons (Fsp3) is 0.158. The van der Waals surface area contributed by atoms with E-state index in [4.69, 9.17) is 9.47 Å². The first-order valence-corrected chi connectivity index (χ1v) is 8.47. The molecule has 0 saturated carbocycles. The summed E-state index contributed by atoms with van der Waals surface area (Å²) in [4.78, 5) is 12.1. The molecule has 0 bridgehead atoms. The predicted molar refractivity (Wildman–Crippen MR) is 102 cm³/mol. The van der Waals surface area contributed by atoms with Gasteiger partial charge in [0, 0.05) is 0 Å². The standard InChI is InChI=1S/C19H19BrN2O3/c1-3-11-24-16-8-6-7-15(12-16)13-21-22-19(23)14(2)25-18-10-5-4-9-17(18)20/h3-10,12-14H,1,11H2,2H3,(H,22,23)/b21-13-/t14-/m0/s1. The molecule has 25 heavy (non-hydrogen) atoms. The number of halogens is 1. The van der Waals surface area contributed by atoms with Gasteiger partial charge in [-0.1, -0.05) is 36.9 Å². The summed E-state index contributed by atoms with van der Waals surface area (Å²) in [6.07, 6.45) is 2.54. The van der Waals surface area contributed by atoms with E-state index in [9.17, 15) is 4.79 Å². The summed E-state index contributed by atoms with van der Waals surface area (Å²) >= 11 is 3.38. The Labute approximate surface area is 155 Å². The summed E-state index contributed by atoms with van der Waals surface area (Å²) in [6, 6.07) is 14.7. The summed E-state index contributed by atoms with van der Waals surface area (Å²) < 4.78 is 11.8. The SMILES string of the molecule is C=CCOc1cccc(/C=N\NC(=O)[C@H](C)Oc2ccccc2Br)c1. The minimum absolute atomic E-state index is 0.342. The highest BCUT2D eigenvalue weighted by Gasteiger charge is 2.15. The fourth-order valence-electron chi connectivity index (χ4n) is 1.89. The molecule has 2 rings (SSSR count). The Morgan fingerprint density at radius 2 is 2.12 bits per heavy atom. The molecule has 0 saturated heterocycles. The number of carbonyl (C=O) groups excluding carboxylic acids is 1. The van der Waals surface area contributed by atoms with Crippen molar-refractivity contribution in [2.24, 2.45) is 5.10 Å². The molecule has 0 aliphatic carbocycles. The maximum atomic E-state index is 12.1. The van der Waals surface area contributed by atoms with Crippen LogP contribution in [0.5, 0.6) is 11.5 Å². The molecule has 0 fully saturated rings. The van der Waals surface area contributed by atoms with Gasteiger partial charge < -0.3 is 9.47 Å². The van der Waals surface area contributed by atoms with E-state index in [1.807, 2.05) is 42.5 Å². The van der Waals surface area contributed by atoms with Crippen molar-refractivity contribution >= 4 is 28.1 Å². The van der Waals surface area contributed by atoms with Gasteiger partial charge in [0.15, 0.2) is 6.10 Å². The number of hydrogen-bond donors (Lipinski definition) is 1. The first kappa shape index (κ1) is 18.7. The van der Waals surface area contributed by atoms with Crippen LogP contribution in [0.2, 0.25) is 0 Å². The lowest BCUT2D eigenvalue weighted by molar-refractivity contribution is -0.127. The van der Waals surface area contributed by atoms with Gasteiger partial charge in [-0.3, -0.25) is 4.79 Å². The monoisotopic (exact) mass is 402 g/mol. The minimum Gasteiger partial charge on any atom is -0.490 e. The molecule has 1 amide bonds. The third kappa shape index (κ3) is 6.08. The highest BCUT2D eigenvalue weighted by Crippen LogP contribution is 2.24. The first-order valence-electron chi connectivity index (χ1n) is 7.68. The summed E-state index contributed by atoms with van der Waals surface area (Å²) in [5.74, 6) is 0.966. The Balaban J connectivity index is 1.89. The maximum absolute atomic E-state index is 12.1. The van der Waals surface area contributed by atoms with Gasteiger partial charge in [-0.15, -0.1) is 0 Å². The molecule has 0 aliphatic rings. The molecule has 2 aromatic carbocycles. The number of nitrogens with one attached hydrogen (secondary N) is 1. The van der Waals surface area contributed by atoms with E-state index in [1.165, 1.54) is 0 Å². The quantitative estimate of drug-likeness (QED) is 0.413. The average molecular weight is 403 g/mol. The Morgan fingerprint density at radius 1 is 1.32 bits per heavy atom. The highest BCUT2D eigenvalue weighted by molar-refractivity contribution is 9.10. The number of carbonyl (C=O) groups is 1. The van der Waals surface area contributed by atoms with Gasteiger partial charge in [-0.25, -0.2) is 5.43 Å². The van der Waals surface area contributed by atoms with E-state index in [0.717, 1.165) is 10.0 Å². The average Bonchev–Trinajstić information content (AvgIpc) is 2.62. The molecule has 1 atom stereocenters. The maximum Gasteiger partial charge on any atom is 0.280 e. The van der Waals surface area contributed by atoms with E-state index < -0.39 is 6.10 Å². The van der Waals surface area contributed by atoms with Crippen LogP contribution < -0.4 is 14.9 Å². The number of hydrazone groups is 1. The Kier molecular flexibility index (Phi) is 7.22. The lowest BCUT2D eigenvalue weighted by Gasteiger charge is -2.13. The topological polar surface area (TPSA) is 59.9 Å². The van der Waals surface area contributed by atoms with Crippen LogP contribution in [0.3, 0.4) is 0 Å². The number of benzene rings is 2. The van der Waals surface area contributed by atoms with Crippen molar-refractivity contribution in [3.05, 3.63) is 71.2 Å². The van der Waals surface area contributed by atoms with Gasteiger partial charge in [0.05, 0.1) is 10.7 Å². The predicted octanol–water partition coefficient (Wildman–Crippen LogP) is 3.93. The summed E-state index contributed by atoms with van der Waals surface area (Å²) in [5.41, 5.74) is 3.27. The first-order chi connectivity index (χ1) is 12.1. The molecule has 0 spiro atoms. The summed E-state index contributed by atoms with van der Waals surface area (Å²) in [7, 11) is 0. The van der Waals surface area contributed by atoms with Gasteiger partial charge in [0.1, 0.15) is 18.1 Å². The molecule has 0 aromatic heterocycles. The molecule has 2 aromatic rings. The van der Waals surface area contributed by atoms with Crippen molar-refractivity contribution in [3.63, 3.8) is 0 Å². The number of hydrogen-bond acceptors (Lipinski definition) is 4. The molecule has 130 valence electrons. The van der Waals surface area contributed by atoms with E-state index in [0.29, 0.717) is 18.1 Å². The van der Waals surface area contributed by atoms with Crippen LogP contribution in [0.4, 0.5) is 0 Å². The van der Waals surface area contributed by atoms with E-state index >= 15 is 0 Å². The van der Waals surface area contributed by atoms with Crippen LogP contribution in [0.1, 0.15) is 12.5 Å².